The van der Waals surface area contributed by atoms with Gasteiger partial charge in [0, 0.05) is 19.6 Å². The van der Waals surface area contributed by atoms with E-state index in [0.717, 1.165) is 14.3 Å². The first-order valence-corrected chi connectivity index (χ1v) is 9.42. The molecule has 2 heterocycles. The van der Waals surface area contributed by atoms with Gasteiger partial charge in [0.25, 0.3) is 0 Å². The second-order valence-electron chi connectivity index (χ2n) is 5.13. The Morgan fingerprint density at radius 3 is 2.71 bits per heavy atom. The number of fused-ring (bicyclic) bond motifs is 3. The smallest absolute Gasteiger partial charge is 0.128 e. The Morgan fingerprint density at radius 1 is 1.05 bits per heavy atom. The van der Waals surface area contributed by atoms with Crippen LogP contribution in [0.2, 0.25) is 0 Å². The Kier molecular flexibility index (Phi) is 3.73. The molecule has 1 aliphatic rings. The molecule has 0 spiro atoms. The van der Waals surface area contributed by atoms with E-state index < -0.39 is 0 Å². The van der Waals surface area contributed by atoms with Crippen molar-refractivity contribution in [2.45, 2.75) is 35.6 Å². The summed E-state index contributed by atoms with van der Waals surface area (Å²) in [6, 6.07) is 8.40. The number of halogens is 1. The molecule has 1 aliphatic carbocycles. The standard InChI is InChI=1S/C16H13BrN2S2/c17-10-5-7-11(8-6-10)20-15-14-12-3-1-2-4-13(12)21-16(14)19-9-18-15/h5-9H,1-4H2. The monoisotopic (exact) mass is 376 g/mol. The van der Waals surface area contributed by atoms with Gasteiger partial charge in [-0.3, -0.25) is 0 Å². The van der Waals surface area contributed by atoms with Crippen LogP contribution in [0.3, 0.4) is 0 Å². The van der Waals surface area contributed by atoms with Gasteiger partial charge in [-0.05, 0) is 55.5 Å². The molecule has 5 heteroatoms. The summed E-state index contributed by atoms with van der Waals surface area (Å²) in [4.78, 5) is 12.9. The lowest BCUT2D eigenvalue weighted by Crippen LogP contribution is -1.98. The molecule has 0 radical (unpaired) electrons. The lowest BCUT2D eigenvalue weighted by atomic mass is 9.97. The van der Waals surface area contributed by atoms with Crippen LogP contribution < -0.4 is 0 Å². The molecule has 1 aromatic carbocycles. The van der Waals surface area contributed by atoms with E-state index in [1.54, 1.807) is 18.1 Å². The first kappa shape index (κ1) is 13.7. The highest BCUT2D eigenvalue weighted by Gasteiger charge is 2.20. The Bertz CT molecular complexity index is 796. The molecule has 0 atom stereocenters. The molecule has 0 N–H and O–H groups in total. The van der Waals surface area contributed by atoms with Crippen molar-refractivity contribution in [1.29, 1.82) is 0 Å². The van der Waals surface area contributed by atoms with Crippen molar-refractivity contribution in [2.75, 3.05) is 0 Å². The minimum absolute atomic E-state index is 1.10. The third-order valence-electron chi connectivity index (χ3n) is 3.74. The predicted molar refractivity (Wildman–Crippen MR) is 92.3 cm³/mol. The van der Waals surface area contributed by atoms with E-state index in [1.807, 2.05) is 11.3 Å². The number of thiophene rings is 1. The average molecular weight is 377 g/mol. The molecule has 0 saturated heterocycles. The minimum atomic E-state index is 1.10. The molecule has 0 aliphatic heterocycles. The van der Waals surface area contributed by atoms with E-state index in [2.05, 4.69) is 50.2 Å². The van der Waals surface area contributed by atoms with E-state index in [4.69, 9.17) is 0 Å². The second-order valence-corrected chi connectivity index (χ2v) is 8.19. The van der Waals surface area contributed by atoms with Crippen molar-refractivity contribution in [3.63, 3.8) is 0 Å². The Morgan fingerprint density at radius 2 is 1.86 bits per heavy atom. The van der Waals surface area contributed by atoms with E-state index in [9.17, 15) is 0 Å². The normalized spacial score (nSPS) is 14.3. The molecule has 3 aromatic rings. The van der Waals surface area contributed by atoms with E-state index in [1.165, 1.54) is 46.4 Å². The van der Waals surface area contributed by atoms with Crippen molar-refractivity contribution in [3.8, 4) is 0 Å². The van der Waals surface area contributed by atoms with Gasteiger partial charge in [-0.25, -0.2) is 9.97 Å². The highest BCUT2D eigenvalue weighted by Crippen LogP contribution is 2.41. The zero-order valence-electron chi connectivity index (χ0n) is 11.3. The van der Waals surface area contributed by atoms with Crippen LogP contribution in [0.1, 0.15) is 23.3 Å². The summed E-state index contributed by atoms with van der Waals surface area (Å²) in [5, 5.41) is 2.40. The molecule has 0 bridgehead atoms. The van der Waals surface area contributed by atoms with Gasteiger partial charge in [0.15, 0.2) is 0 Å². The van der Waals surface area contributed by atoms with Crippen molar-refractivity contribution >= 4 is 49.2 Å². The van der Waals surface area contributed by atoms with E-state index in [0.29, 0.717) is 0 Å². The summed E-state index contributed by atoms with van der Waals surface area (Å²) in [6.45, 7) is 0. The van der Waals surface area contributed by atoms with Crippen LogP contribution in [0.4, 0.5) is 0 Å². The number of benzene rings is 1. The van der Waals surface area contributed by atoms with Crippen LogP contribution >= 0.6 is 39.0 Å². The van der Waals surface area contributed by atoms with Crippen LogP contribution in [0.25, 0.3) is 10.2 Å². The number of hydrogen-bond donors (Lipinski definition) is 0. The molecule has 2 nitrogen and oxygen atoms in total. The lowest BCUT2D eigenvalue weighted by molar-refractivity contribution is 0.699. The third kappa shape index (κ3) is 2.62. The fraction of sp³-hybridized carbons (Fsp3) is 0.250. The van der Waals surface area contributed by atoms with Crippen LogP contribution in [0.15, 0.2) is 45.0 Å². The predicted octanol–water partition coefficient (Wildman–Crippen LogP) is 5.48. The summed E-state index contributed by atoms with van der Waals surface area (Å²) in [5.41, 5.74) is 1.50. The number of hydrogen-bond acceptors (Lipinski definition) is 4. The van der Waals surface area contributed by atoms with Crippen LogP contribution in [0, 0.1) is 0 Å². The summed E-state index contributed by atoms with van der Waals surface area (Å²) in [7, 11) is 0. The maximum atomic E-state index is 4.55. The topological polar surface area (TPSA) is 25.8 Å². The van der Waals surface area contributed by atoms with Crippen LogP contribution in [0.5, 0.6) is 0 Å². The number of aromatic nitrogens is 2. The van der Waals surface area contributed by atoms with E-state index >= 15 is 0 Å². The van der Waals surface area contributed by atoms with E-state index in [-0.39, 0.29) is 0 Å². The van der Waals surface area contributed by atoms with Crippen molar-refractivity contribution in [1.82, 2.24) is 9.97 Å². The number of aryl methyl sites for hydroxylation is 2. The van der Waals surface area contributed by atoms with Gasteiger partial charge < -0.3 is 0 Å². The zero-order chi connectivity index (χ0) is 14.2. The summed E-state index contributed by atoms with van der Waals surface area (Å²) >= 11 is 7.07. The maximum absolute atomic E-state index is 4.55. The Labute approximate surface area is 140 Å². The van der Waals surface area contributed by atoms with Gasteiger partial charge in [0.1, 0.15) is 16.2 Å². The lowest BCUT2D eigenvalue weighted by Gasteiger charge is -2.11. The quantitative estimate of drug-likeness (QED) is 0.553. The molecule has 21 heavy (non-hydrogen) atoms. The summed E-state index contributed by atoms with van der Waals surface area (Å²) in [6.07, 6.45) is 6.68. The van der Waals surface area contributed by atoms with Gasteiger partial charge in [-0.15, -0.1) is 11.3 Å². The summed E-state index contributed by atoms with van der Waals surface area (Å²) in [5.74, 6) is 0. The minimum Gasteiger partial charge on any atom is -0.229 e. The SMILES string of the molecule is Brc1ccc(Sc2ncnc3sc4c(c23)CCCC4)cc1. The second kappa shape index (κ2) is 5.71. The molecule has 4 rings (SSSR count). The fourth-order valence-electron chi connectivity index (χ4n) is 2.75. The molecule has 0 saturated carbocycles. The van der Waals surface area contributed by atoms with Crippen molar-refractivity contribution in [2.24, 2.45) is 0 Å². The van der Waals surface area contributed by atoms with Gasteiger partial charge in [-0.1, -0.05) is 27.7 Å². The highest BCUT2D eigenvalue weighted by molar-refractivity contribution is 9.10. The largest absolute Gasteiger partial charge is 0.229 e. The van der Waals surface area contributed by atoms with Crippen molar-refractivity contribution in [3.05, 3.63) is 45.5 Å². The maximum Gasteiger partial charge on any atom is 0.128 e. The molecular weight excluding hydrogens is 364 g/mol. The molecular formula is C16H13BrN2S2. The van der Waals surface area contributed by atoms with Crippen LogP contribution in [-0.4, -0.2) is 9.97 Å². The summed E-state index contributed by atoms with van der Waals surface area (Å²) < 4.78 is 1.10. The van der Waals surface area contributed by atoms with Crippen LogP contribution in [-0.2, 0) is 12.8 Å². The van der Waals surface area contributed by atoms with Crippen molar-refractivity contribution < 1.29 is 0 Å². The Hall–Kier alpha value is -0.910. The molecule has 106 valence electrons. The molecule has 0 unspecified atom stereocenters. The highest BCUT2D eigenvalue weighted by atomic mass is 79.9. The van der Waals surface area contributed by atoms with Gasteiger partial charge in [0.05, 0.1) is 0 Å². The number of nitrogens with zero attached hydrogens (tertiary/aromatic N) is 2. The van der Waals surface area contributed by atoms with Gasteiger partial charge in [0.2, 0.25) is 0 Å². The Balaban J connectivity index is 1.81. The first-order chi connectivity index (χ1) is 10.3. The third-order valence-corrected chi connectivity index (χ3v) is 6.48. The average Bonchev–Trinajstić information content (AvgIpc) is 2.89. The fourth-order valence-corrected chi connectivity index (χ4v) is 5.23. The molecule has 0 fully saturated rings. The first-order valence-electron chi connectivity index (χ1n) is 7.00. The van der Waals surface area contributed by atoms with Gasteiger partial charge in [-0.2, -0.15) is 0 Å². The molecule has 0 amide bonds. The number of rotatable bonds is 2. The molecule has 2 aromatic heterocycles. The zero-order valence-corrected chi connectivity index (χ0v) is 14.5. The van der Waals surface area contributed by atoms with Gasteiger partial charge >= 0.3 is 0 Å².